The maximum absolute atomic E-state index is 12.4. The van der Waals surface area contributed by atoms with E-state index < -0.39 is 12.6 Å². The summed E-state index contributed by atoms with van der Waals surface area (Å²) in [4.78, 5) is 27.5. The third kappa shape index (κ3) is 4.71. The lowest BCUT2D eigenvalue weighted by Gasteiger charge is -2.12. The van der Waals surface area contributed by atoms with Crippen LogP contribution in [-0.2, 0) is 16.0 Å². The molecule has 0 atom stereocenters. The molecule has 1 aliphatic carbocycles. The van der Waals surface area contributed by atoms with Crippen LogP contribution >= 0.6 is 0 Å². The predicted molar refractivity (Wildman–Crippen MR) is 105 cm³/mol. The zero-order valence-electron chi connectivity index (χ0n) is 15.8. The fraction of sp³-hybridized carbons (Fsp3) is 0.333. The number of benzene rings is 2. The summed E-state index contributed by atoms with van der Waals surface area (Å²) in [5.74, 6) is 1.11. The van der Waals surface area contributed by atoms with Crippen molar-refractivity contribution in [2.75, 3.05) is 11.9 Å². The molecular formula is C21H21N3O5. The minimum absolute atomic E-state index is 0.115. The van der Waals surface area contributed by atoms with Crippen LogP contribution in [0.3, 0.4) is 0 Å². The Bertz CT molecular complexity index is 1040. The van der Waals surface area contributed by atoms with Gasteiger partial charge in [-0.15, -0.1) is 0 Å². The van der Waals surface area contributed by atoms with Crippen molar-refractivity contribution >= 4 is 28.3 Å². The number of fused-ring (bicyclic) bond motifs is 1. The van der Waals surface area contributed by atoms with Crippen molar-refractivity contribution in [3.8, 4) is 5.75 Å². The topological polar surface area (TPSA) is 115 Å². The molecule has 2 N–H and O–H groups in total. The van der Waals surface area contributed by atoms with Crippen LogP contribution in [-0.4, -0.2) is 33.7 Å². The number of amides is 1. The van der Waals surface area contributed by atoms with Crippen LogP contribution in [0.1, 0.15) is 43.3 Å². The Labute approximate surface area is 166 Å². The standard InChI is InChI=1S/C21H21N3O5/c25-18(6-3-7-19-23-21(24-29-19)13-8-9-13)22-16-10-11-17(28-12-20(26)27)15-5-2-1-4-14(15)16/h1-2,4-5,10-11,13H,3,6-9,12H2,(H,22,25)(H,26,27). The Morgan fingerprint density at radius 2 is 1.97 bits per heavy atom. The summed E-state index contributed by atoms with van der Waals surface area (Å²) < 4.78 is 10.6. The monoisotopic (exact) mass is 395 g/mol. The molecule has 2 aromatic carbocycles. The van der Waals surface area contributed by atoms with E-state index in [0.29, 0.717) is 42.5 Å². The van der Waals surface area contributed by atoms with Gasteiger partial charge in [0.2, 0.25) is 11.8 Å². The Morgan fingerprint density at radius 3 is 2.72 bits per heavy atom. The molecule has 3 aromatic rings. The van der Waals surface area contributed by atoms with Crippen molar-refractivity contribution in [2.45, 2.75) is 38.0 Å². The van der Waals surface area contributed by atoms with Gasteiger partial charge in [0.25, 0.3) is 0 Å². The molecule has 1 saturated carbocycles. The average Bonchev–Trinajstić information content (AvgIpc) is 3.46. The number of carbonyl (C=O) groups excluding carboxylic acids is 1. The third-order valence-electron chi connectivity index (χ3n) is 4.73. The second-order valence-corrected chi connectivity index (χ2v) is 7.06. The Morgan fingerprint density at radius 1 is 1.17 bits per heavy atom. The molecule has 1 heterocycles. The number of hydrogen-bond donors (Lipinski definition) is 2. The zero-order chi connectivity index (χ0) is 20.2. The van der Waals surface area contributed by atoms with Crippen LogP contribution < -0.4 is 10.1 Å². The van der Waals surface area contributed by atoms with E-state index in [9.17, 15) is 9.59 Å². The van der Waals surface area contributed by atoms with Crippen LogP contribution in [0.25, 0.3) is 10.8 Å². The van der Waals surface area contributed by atoms with Crippen molar-refractivity contribution < 1.29 is 24.0 Å². The Hall–Kier alpha value is -3.42. The van der Waals surface area contributed by atoms with E-state index in [-0.39, 0.29) is 5.91 Å². The molecule has 1 aliphatic rings. The van der Waals surface area contributed by atoms with Crippen molar-refractivity contribution in [3.05, 3.63) is 48.1 Å². The summed E-state index contributed by atoms with van der Waals surface area (Å²) in [5.41, 5.74) is 0.655. The van der Waals surface area contributed by atoms with Crippen LogP contribution in [0, 0.1) is 0 Å². The van der Waals surface area contributed by atoms with Crippen molar-refractivity contribution in [1.82, 2.24) is 10.1 Å². The van der Waals surface area contributed by atoms with Crippen molar-refractivity contribution in [2.24, 2.45) is 0 Å². The summed E-state index contributed by atoms with van der Waals surface area (Å²) in [6.07, 6.45) is 3.74. The number of aliphatic carboxylic acids is 1. The van der Waals surface area contributed by atoms with Crippen LogP contribution in [0.2, 0.25) is 0 Å². The smallest absolute Gasteiger partial charge is 0.341 e. The zero-order valence-corrected chi connectivity index (χ0v) is 15.8. The van der Waals surface area contributed by atoms with Crippen molar-refractivity contribution in [3.63, 3.8) is 0 Å². The van der Waals surface area contributed by atoms with E-state index in [0.717, 1.165) is 29.4 Å². The maximum Gasteiger partial charge on any atom is 0.341 e. The molecule has 0 bridgehead atoms. The molecule has 0 radical (unpaired) electrons. The molecule has 4 rings (SSSR count). The normalized spacial score (nSPS) is 13.4. The summed E-state index contributed by atoms with van der Waals surface area (Å²) >= 11 is 0. The fourth-order valence-electron chi connectivity index (χ4n) is 3.14. The third-order valence-corrected chi connectivity index (χ3v) is 4.73. The number of anilines is 1. The number of carboxylic acid groups (broad SMARTS) is 1. The minimum Gasteiger partial charge on any atom is -0.481 e. The highest BCUT2D eigenvalue weighted by Gasteiger charge is 2.28. The minimum atomic E-state index is -1.04. The van der Waals surface area contributed by atoms with Crippen LogP contribution in [0.15, 0.2) is 40.9 Å². The van der Waals surface area contributed by atoms with Gasteiger partial charge in [-0.2, -0.15) is 4.98 Å². The molecule has 8 heteroatoms. The number of aromatic nitrogens is 2. The summed E-state index contributed by atoms with van der Waals surface area (Å²) in [6, 6.07) is 10.8. The van der Waals surface area contributed by atoms with Gasteiger partial charge in [-0.25, -0.2) is 4.79 Å². The quantitative estimate of drug-likeness (QED) is 0.569. The first-order valence-corrected chi connectivity index (χ1v) is 9.59. The molecule has 0 unspecified atom stereocenters. The largest absolute Gasteiger partial charge is 0.481 e. The summed E-state index contributed by atoms with van der Waals surface area (Å²) in [7, 11) is 0. The first kappa shape index (κ1) is 18.9. The Kier molecular flexibility index (Phi) is 5.41. The maximum atomic E-state index is 12.4. The number of aryl methyl sites for hydroxylation is 1. The second-order valence-electron chi connectivity index (χ2n) is 7.06. The number of nitrogens with zero attached hydrogens (tertiary/aromatic N) is 2. The highest BCUT2D eigenvalue weighted by atomic mass is 16.5. The summed E-state index contributed by atoms with van der Waals surface area (Å²) in [5, 5.41) is 17.2. The van der Waals surface area contributed by atoms with E-state index >= 15 is 0 Å². The molecule has 150 valence electrons. The Balaban J connectivity index is 1.37. The fourth-order valence-corrected chi connectivity index (χ4v) is 3.14. The molecule has 0 aliphatic heterocycles. The van der Waals surface area contributed by atoms with Crippen molar-refractivity contribution in [1.29, 1.82) is 0 Å². The lowest BCUT2D eigenvalue weighted by Crippen LogP contribution is -2.12. The van der Waals surface area contributed by atoms with Gasteiger partial charge in [0, 0.05) is 35.2 Å². The van der Waals surface area contributed by atoms with Gasteiger partial charge in [0.15, 0.2) is 12.4 Å². The van der Waals surface area contributed by atoms with E-state index in [1.54, 1.807) is 12.1 Å². The van der Waals surface area contributed by atoms with E-state index in [1.165, 1.54) is 0 Å². The van der Waals surface area contributed by atoms with E-state index in [2.05, 4.69) is 15.5 Å². The number of hydrogen-bond acceptors (Lipinski definition) is 6. The first-order chi connectivity index (χ1) is 14.1. The van der Waals surface area contributed by atoms with Gasteiger partial charge in [-0.1, -0.05) is 29.4 Å². The molecule has 8 nitrogen and oxygen atoms in total. The second kappa shape index (κ2) is 8.30. The molecule has 29 heavy (non-hydrogen) atoms. The van der Waals surface area contributed by atoms with Crippen LogP contribution in [0.4, 0.5) is 5.69 Å². The van der Waals surface area contributed by atoms with Gasteiger partial charge in [0.05, 0.1) is 0 Å². The molecular weight excluding hydrogens is 374 g/mol. The number of nitrogens with one attached hydrogen (secondary N) is 1. The van der Waals surface area contributed by atoms with Gasteiger partial charge in [-0.05, 0) is 31.4 Å². The first-order valence-electron chi connectivity index (χ1n) is 9.59. The van der Waals surface area contributed by atoms with E-state index in [1.807, 2.05) is 24.3 Å². The number of carboxylic acids is 1. The molecule has 1 aromatic heterocycles. The SMILES string of the molecule is O=C(O)COc1ccc(NC(=O)CCCc2nc(C3CC3)no2)c2ccccc12. The molecule has 0 spiro atoms. The van der Waals surface area contributed by atoms with Gasteiger partial charge in [0.1, 0.15) is 5.75 Å². The summed E-state index contributed by atoms with van der Waals surface area (Å²) in [6.45, 7) is -0.423. The molecule has 0 saturated heterocycles. The van der Waals surface area contributed by atoms with Gasteiger partial charge < -0.3 is 19.7 Å². The lowest BCUT2D eigenvalue weighted by molar-refractivity contribution is -0.139. The number of ether oxygens (including phenoxy) is 1. The number of rotatable bonds is 9. The lowest BCUT2D eigenvalue weighted by atomic mass is 10.1. The average molecular weight is 395 g/mol. The molecule has 1 amide bonds. The number of carbonyl (C=O) groups is 2. The predicted octanol–water partition coefficient (Wildman–Crippen LogP) is 3.53. The van der Waals surface area contributed by atoms with E-state index in [4.69, 9.17) is 14.4 Å². The van der Waals surface area contributed by atoms with Gasteiger partial charge in [-0.3, -0.25) is 4.79 Å². The highest BCUT2D eigenvalue weighted by molar-refractivity contribution is 6.04. The van der Waals surface area contributed by atoms with Crippen LogP contribution in [0.5, 0.6) is 5.75 Å². The highest BCUT2D eigenvalue weighted by Crippen LogP contribution is 2.38. The molecule has 1 fully saturated rings. The van der Waals surface area contributed by atoms with Gasteiger partial charge >= 0.3 is 5.97 Å².